The van der Waals surface area contributed by atoms with Crippen molar-refractivity contribution in [2.45, 2.75) is 38.6 Å². The minimum Gasteiger partial charge on any atom is -0.352 e. The highest BCUT2D eigenvalue weighted by molar-refractivity contribution is 5.41. The quantitative estimate of drug-likeness (QED) is 0.817. The van der Waals surface area contributed by atoms with Crippen LogP contribution in [-0.2, 0) is 0 Å². The van der Waals surface area contributed by atoms with E-state index in [1.807, 2.05) is 12.3 Å². The second kappa shape index (κ2) is 4.78. The molecule has 1 fully saturated rings. The van der Waals surface area contributed by atoms with E-state index < -0.39 is 0 Å². The zero-order chi connectivity index (χ0) is 11.5. The minimum atomic E-state index is 0.374. The molecular formula is C12H20N4. The van der Waals surface area contributed by atoms with Crippen LogP contribution in [0.15, 0.2) is 12.3 Å². The maximum Gasteiger partial charge on any atom is 0.133 e. The normalized spacial score (nSPS) is 15.5. The Hall–Kier alpha value is -1.16. The van der Waals surface area contributed by atoms with E-state index in [4.69, 9.17) is 5.73 Å². The van der Waals surface area contributed by atoms with E-state index in [1.165, 1.54) is 12.8 Å². The summed E-state index contributed by atoms with van der Waals surface area (Å²) in [6.07, 6.45) is 4.38. The second-order valence-electron chi connectivity index (χ2n) is 4.64. The van der Waals surface area contributed by atoms with Gasteiger partial charge in [0.05, 0.1) is 0 Å². The van der Waals surface area contributed by atoms with Gasteiger partial charge >= 0.3 is 0 Å². The average molecular weight is 220 g/mol. The summed E-state index contributed by atoms with van der Waals surface area (Å²) in [5.41, 5.74) is 5.65. The standard InChI is InChI=1S/C12H20N4/c1-9(2)12-14-7-5-11(15-12)16(8-6-13)10-3-4-10/h5,7,9-10H,3-4,6,8,13H2,1-2H3. The van der Waals surface area contributed by atoms with Crippen LogP contribution in [0.4, 0.5) is 5.82 Å². The molecule has 0 spiro atoms. The molecule has 1 aromatic heterocycles. The lowest BCUT2D eigenvalue weighted by atomic mass is 10.2. The molecule has 0 radical (unpaired) electrons. The molecule has 0 aromatic carbocycles. The molecule has 4 heteroatoms. The predicted molar refractivity (Wildman–Crippen MR) is 65.5 cm³/mol. The van der Waals surface area contributed by atoms with Crippen LogP contribution in [-0.4, -0.2) is 29.1 Å². The number of aromatic nitrogens is 2. The fourth-order valence-corrected chi connectivity index (χ4v) is 1.81. The fraction of sp³-hybridized carbons (Fsp3) is 0.667. The maximum atomic E-state index is 5.65. The van der Waals surface area contributed by atoms with Gasteiger partial charge in [0.2, 0.25) is 0 Å². The van der Waals surface area contributed by atoms with Gasteiger partial charge in [0.15, 0.2) is 0 Å². The molecule has 2 N–H and O–H groups in total. The summed E-state index contributed by atoms with van der Waals surface area (Å²) in [7, 11) is 0. The lowest BCUT2D eigenvalue weighted by Gasteiger charge is -2.23. The molecule has 1 aliphatic carbocycles. The predicted octanol–water partition coefficient (Wildman–Crippen LogP) is 1.53. The summed E-state index contributed by atoms with van der Waals surface area (Å²) < 4.78 is 0. The van der Waals surface area contributed by atoms with Crippen molar-refractivity contribution in [1.82, 2.24) is 9.97 Å². The van der Waals surface area contributed by atoms with Crippen molar-refractivity contribution in [3.05, 3.63) is 18.1 Å². The minimum absolute atomic E-state index is 0.374. The van der Waals surface area contributed by atoms with E-state index in [9.17, 15) is 0 Å². The first-order valence-electron chi connectivity index (χ1n) is 6.02. The molecule has 16 heavy (non-hydrogen) atoms. The third kappa shape index (κ3) is 2.50. The van der Waals surface area contributed by atoms with Crippen molar-refractivity contribution in [3.63, 3.8) is 0 Å². The van der Waals surface area contributed by atoms with Crippen LogP contribution in [0, 0.1) is 0 Å². The zero-order valence-corrected chi connectivity index (χ0v) is 10.1. The number of rotatable bonds is 5. The zero-order valence-electron chi connectivity index (χ0n) is 10.1. The Balaban J connectivity index is 2.19. The molecule has 0 bridgehead atoms. The topological polar surface area (TPSA) is 55.0 Å². The van der Waals surface area contributed by atoms with Crippen molar-refractivity contribution in [3.8, 4) is 0 Å². The number of hydrogen-bond donors (Lipinski definition) is 1. The van der Waals surface area contributed by atoms with Crippen LogP contribution < -0.4 is 10.6 Å². The molecule has 4 nitrogen and oxygen atoms in total. The number of hydrogen-bond acceptors (Lipinski definition) is 4. The number of nitrogens with two attached hydrogens (primary N) is 1. The van der Waals surface area contributed by atoms with Crippen molar-refractivity contribution in [1.29, 1.82) is 0 Å². The molecule has 1 aromatic rings. The lowest BCUT2D eigenvalue weighted by molar-refractivity contribution is 0.733. The van der Waals surface area contributed by atoms with E-state index in [0.717, 1.165) is 18.2 Å². The van der Waals surface area contributed by atoms with Crippen LogP contribution in [0.1, 0.15) is 38.4 Å². The Kier molecular flexibility index (Phi) is 3.39. The van der Waals surface area contributed by atoms with Gasteiger partial charge in [-0.2, -0.15) is 0 Å². The summed E-state index contributed by atoms with van der Waals surface area (Å²) >= 11 is 0. The Morgan fingerprint density at radius 1 is 1.50 bits per heavy atom. The monoisotopic (exact) mass is 220 g/mol. The summed E-state index contributed by atoms with van der Waals surface area (Å²) in [5, 5.41) is 0. The molecule has 0 aliphatic heterocycles. The highest BCUT2D eigenvalue weighted by Gasteiger charge is 2.29. The average Bonchev–Trinajstić information content (AvgIpc) is 3.10. The molecule has 1 aliphatic rings. The Labute approximate surface area is 96.9 Å². The molecule has 1 heterocycles. The van der Waals surface area contributed by atoms with Crippen LogP contribution >= 0.6 is 0 Å². The molecular weight excluding hydrogens is 200 g/mol. The van der Waals surface area contributed by atoms with Crippen molar-refractivity contribution >= 4 is 5.82 Å². The van der Waals surface area contributed by atoms with E-state index in [-0.39, 0.29) is 0 Å². The lowest BCUT2D eigenvalue weighted by Crippen LogP contribution is -2.32. The number of anilines is 1. The maximum absolute atomic E-state index is 5.65. The SMILES string of the molecule is CC(C)c1nccc(N(CCN)C2CC2)n1. The van der Waals surface area contributed by atoms with Gasteiger partial charge in [-0.25, -0.2) is 9.97 Å². The summed E-state index contributed by atoms with van der Waals surface area (Å²) in [6.45, 7) is 5.80. The van der Waals surface area contributed by atoms with Crippen molar-refractivity contribution < 1.29 is 0 Å². The summed E-state index contributed by atoms with van der Waals surface area (Å²) in [4.78, 5) is 11.2. The van der Waals surface area contributed by atoms with Gasteiger partial charge in [0.1, 0.15) is 11.6 Å². The first-order chi connectivity index (χ1) is 7.72. The molecule has 2 rings (SSSR count). The smallest absolute Gasteiger partial charge is 0.133 e. The van der Waals surface area contributed by atoms with Crippen molar-refractivity contribution in [2.24, 2.45) is 5.73 Å². The van der Waals surface area contributed by atoms with Crippen LogP contribution in [0.25, 0.3) is 0 Å². The first-order valence-corrected chi connectivity index (χ1v) is 6.02. The molecule has 0 atom stereocenters. The van der Waals surface area contributed by atoms with E-state index in [1.54, 1.807) is 0 Å². The number of nitrogens with zero attached hydrogens (tertiary/aromatic N) is 3. The van der Waals surface area contributed by atoms with Crippen LogP contribution in [0.5, 0.6) is 0 Å². The molecule has 0 saturated heterocycles. The van der Waals surface area contributed by atoms with Gasteiger partial charge in [-0.3, -0.25) is 0 Å². The molecule has 88 valence electrons. The van der Waals surface area contributed by atoms with Crippen LogP contribution in [0.2, 0.25) is 0 Å². The summed E-state index contributed by atoms with van der Waals surface area (Å²) in [6, 6.07) is 2.64. The van der Waals surface area contributed by atoms with Gasteiger partial charge in [-0.1, -0.05) is 13.8 Å². The van der Waals surface area contributed by atoms with E-state index in [2.05, 4.69) is 28.7 Å². The van der Waals surface area contributed by atoms with E-state index in [0.29, 0.717) is 18.5 Å². The molecule has 1 saturated carbocycles. The molecule has 0 unspecified atom stereocenters. The van der Waals surface area contributed by atoms with E-state index >= 15 is 0 Å². The first kappa shape index (κ1) is 11.3. The Bertz CT molecular complexity index is 347. The van der Waals surface area contributed by atoms with Gasteiger partial charge < -0.3 is 10.6 Å². The Morgan fingerprint density at radius 2 is 2.25 bits per heavy atom. The highest BCUT2D eigenvalue weighted by atomic mass is 15.2. The van der Waals surface area contributed by atoms with Gasteiger partial charge in [-0.05, 0) is 18.9 Å². The second-order valence-corrected chi connectivity index (χ2v) is 4.64. The van der Waals surface area contributed by atoms with Gasteiger partial charge in [0.25, 0.3) is 0 Å². The third-order valence-electron chi connectivity index (χ3n) is 2.83. The third-order valence-corrected chi connectivity index (χ3v) is 2.83. The van der Waals surface area contributed by atoms with Crippen molar-refractivity contribution in [2.75, 3.05) is 18.0 Å². The summed E-state index contributed by atoms with van der Waals surface area (Å²) in [5.74, 6) is 2.32. The largest absolute Gasteiger partial charge is 0.352 e. The highest BCUT2D eigenvalue weighted by Crippen LogP contribution is 2.30. The van der Waals surface area contributed by atoms with Gasteiger partial charge in [0, 0.05) is 31.2 Å². The Morgan fingerprint density at radius 3 is 2.81 bits per heavy atom. The molecule has 0 amide bonds. The fourth-order valence-electron chi connectivity index (χ4n) is 1.81. The van der Waals surface area contributed by atoms with Crippen LogP contribution in [0.3, 0.4) is 0 Å². The van der Waals surface area contributed by atoms with Gasteiger partial charge in [-0.15, -0.1) is 0 Å².